The third-order valence-corrected chi connectivity index (χ3v) is 4.94. The molecule has 2 aliphatic rings. The van der Waals surface area contributed by atoms with E-state index in [1.807, 2.05) is 29.2 Å². The molecule has 1 saturated carbocycles. The summed E-state index contributed by atoms with van der Waals surface area (Å²) in [6, 6.07) is 7.59. The van der Waals surface area contributed by atoms with Gasteiger partial charge in [0.2, 0.25) is 5.91 Å². The van der Waals surface area contributed by atoms with Crippen LogP contribution in [0.15, 0.2) is 28.8 Å². The van der Waals surface area contributed by atoms with Gasteiger partial charge in [0.05, 0.1) is 12.5 Å². The van der Waals surface area contributed by atoms with Crippen LogP contribution in [0.2, 0.25) is 0 Å². The molecular weight excluding hydrogens is 268 g/mol. The standard InChI is InChI=1S/C16H18N2O3/c19-14-6-5-10-8-18(9-12(10)14)16(20)7-13-11-3-1-2-4-15(11)21-17-13/h1-4,10,12,14,19H,5-9H2. The topological polar surface area (TPSA) is 66.6 Å². The summed E-state index contributed by atoms with van der Waals surface area (Å²) in [5.74, 6) is 0.816. The van der Waals surface area contributed by atoms with Crippen molar-refractivity contribution >= 4 is 16.9 Å². The minimum atomic E-state index is -0.235. The first kappa shape index (κ1) is 12.8. The van der Waals surface area contributed by atoms with Crippen molar-refractivity contribution in [2.24, 2.45) is 11.8 Å². The van der Waals surface area contributed by atoms with E-state index in [2.05, 4.69) is 5.16 Å². The van der Waals surface area contributed by atoms with Crippen molar-refractivity contribution in [2.75, 3.05) is 13.1 Å². The third kappa shape index (κ3) is 2.12. The number of hydrogen-bond donors (Lipinski definition) is 1. The van der Waals surface area contributed by atoms with Gasteiger partial charge in [-0.2, -0.15) is 0 Å². The molecule has 5 nitrogen and oxygen atoms in total. The molecule has 3 atom stereocenters. The summed E-state index contributed by atoms with van der Waals surface area (Å²) < 4.78 is 5.24. The van der Waals surface area contributed by atoms with Crippen molar-refractivity contribution < 1.29 is 14.4 Å². The molecule has 0 spiro atoms. The SMILES string of the molecule is O=C(Cc1noc2ccccc12)N1CC2CCC(O)C2C1. The summed E-state index contributed by atoms with van der Waals surface area (Å²) in [4.78, 5) is 14.3. The largest absolute Gasteiger partial charge is 0.393 e. The lowest BCUT2D eigenvalue weighted by atomic mass is 10.00. The van der Waals surface area contributed by atoms with Crippen molar-refractivity contribution in [1.29, 1.82) is 0 Å². The van der Waals surface area contributed by atoms with Gasteiger partial charge in [0, 0.05) is 24.4 Å². The lowest BCUT2D eigenvalue weighted by molar-refractivity contribution is -0.129. The van der Waals surface area contributed by atoms with Gasteiger partial charge in [0.1, 0.15) is 5.69 Å². The monoisotopic (exact) mass is 286 g/mol. The van der Waals surface area contributed by atoms with E-state index in [0.29, 0.717) is 23.7 Å². The maximum absolute atomic E-state index is 12.5. The lowest BCUT2D eigenvalue weighted by Crippen LogP contribution is -2.32. The van der Waals surface area contributed by atoms with Gasteiger partial charge in [0.15, 0.2) is 5.58 Å². The minimum absolute atomic E-state index is 0.0793. The van der Waals surface area contributed by atoms with Crippen molar-refractivity contribution in [3.05, 3.63) is 30.0 Å². The average molecular weight is 286 g/mol. The normalized spacial score (nSPS) is 28.2. The van der Waals surface area contributed by atoms with Crippen LogP contribution in [-0.4, -0.2) is 40.3 Å². The number of likely N-dealkylation sites (tertiary alicyclic amines) is 1. The molecule has 1 aliphatic heterocycles. The highest BCUT2D eigenvalue weighted by Gasteiger charge is 2.43. The Balaban J connectivity index is 1.49. The molecule has 1 N–H and O–H groups in total. The fourth-order valence-corrected chi connectivity index (χ4v) is 3.76. The first-order valence-electron chi connectivity index (χ1n) is 7.51. The zero-order valence-corrected chi connectivity index (χ0v) is 11.7. The Morgan fingerprint density at radius 1 is 1.33 bits per heavy atom. The summed E-state index contributed by atoms with van der Waals surface area (Å²) in [6.07, 6.45) is 1.95. The van der Waals surface area contributed by atoms with Crippen LogP contribution in [0.1, 0.15) is 18.5 Å². The quantitative estimate of drug-likeness (QED) is 0.910. The van der Waals surface area contributed by atoms with Crippen LogP contribution in [0.3, 0.4) is 0 Å². The van der Waals surface area contributed by atoms with E-state index in [9.17, 15) is 9.90 Å². The fraction of sp³-hybridized carbons (Fsp3) is 0.500. The molecule has 21 heavy (non-hydrogen) atoms. The highest BCUT2D eigenvalue weighted by molar-refractivity contribution is 5.86. The molecule has 2 heterocycles. The summed E-state index contributed by atoms with van der Waals surface area (Å²) in [5, 5.41) is 14.9. The van der Waals surface area contributed by atoms with Crippen molar-refractivity contribution in [3.63, 3.8) is 0 Å². The summed E-state index contributed by atoms with van der Waals surface area (Å²) in [5.41, 5.74) is 1.42. The van der Waals surface area contributed by atoms with E-state index >= 15 is 0 Å². The first-order valence-corrected chi connectivity index (χ1v) is 7.51. The third-order valence-electron chi connectivity index (χ3n) is 4.94. The number of aliphatic hydroxyl groups is 1. The first-order chi connectivity index (χ1) is 10.2. The maximum atomic E-state index is 12.5. The lowest BCUT2D eigenvalue weighted by Gasteiger charge is -2.17. The maximum Gasteiger partial charge on any atom is 0.228 e. The number of carbonyl (C=O) groups excluding carboxylic acids is 1. The van der Waals surface area contributed by atoms with Crippen molar-refractivity contribution in [3.8, 4) is 0 Å². The minimum Gasteiger partial charge on any atom is -0.393 e. The van der Waals surface area contributed by atoms with Crippen LogP contribution in [0, 0.1) is 11.8 Å². The van der Waals surface area contributed by atoms with Gasteiger partial charge < -0.3 is 14.5 Å². The Hall–Kier alpha value is -1.88. The number of fused-ring (bicyclic) bond motifs is 2. The van der Waals surface area contributed by atoms with E-state index in [1.54, 1.807) is 0 Å². The van der Waals surface area contributed by atoms with Gasteiger partial charge in [-0.25, -0.2) is 0 Å². The summed E-state index contributed by atoms with van der Waals surface area (Å²) >= 11 is 0. The van der Waals surface area contributed by atoms with E-state index < -0.39 is 0 Å². The highest BCUT2D eigenvalue weighted by Crippen LogP contribution is 2.38. The molecule has 0 radical (unpaired) electrons. The van der Waals surface area contributed by atoms with Crippen LogP contribution in [0.25, 0.3) is 11.0 Å². The highest BCUT2D eigenvalue weighted by atomic mass is 16.5. The molecule has 2 aromatic rings. The van der Waals surface area contributed by atoms with Crippen LogP contribution >= 0.6 is 0 Å². The Bertz CT molecular complexity index is 681. The summed E-state index contributed by atoms with van der Waals surface area (Å²) in [6.45, 7) is 1.46. The molecule has 110 valence electrons. The van der Waals surface area contributed by atoms with E-state index in [1.165, 1.54) is 0 Å². The predicted octanol–water partition coefficient (Wildman–Crippen LogP) is 1.60. The molecule has 3 unspecified atom stereocenters. The number of carbonyl (C=O) groups is 1. The van der Waals surface area contributed by atoms with Gasteiger partial charge in [-0.05, 0) is 30.9 Å². The average Bonchev–Trinajstić information content (AvgIpc) is 3.16. The van der Waals surface area contributed by atoms with Gasteiger partial charge in [-0.1, -0.05) is 17.3 Å². The zero-order valence-electron chi connectivity index (χ0n) is 11.7. The molecule has 1 aromatic carbocycles. The fourth-order valence-electron chi connectivity index (χ4n) is 3.76. The molecule has 1 aliphatic carbocycles. The van der Waals surface area contributed by atoms with Crippen LogP contribution in [0.5, 0.6) is 0 Å². The Labute approximate surface area is 122 Å². The van der Waals surface area contributed by atoms with Crippen LogP contribution in [0.4, 0.5) is 0 Å². The molecule has 2 fully saturated rings. The second-order valence-electron chi connectivity index (χ2n) is 6.17. The number of amides is 1. The predicted molar refractivity (Wildman–Crippen MR) is 76.5 cm³/mol. The van der Waals surface area contributed by atoms with Gasteiger partial charge in [-0.15, -0.1) is 0 Å². The molecule has 1 aromatic heterocycles. The summed E-state index contributed by atoms with van der Waals surface area (Å²) in [7, 11) is 0. The van der Waals surface area contributed by atoms with Crippen LogP contribution < -0.4 is 0 Å². The van der Waals surface area contributed by atoms with Gasteiger partial charge in [-0.3, -0.25) is 4.79 Å². The number of nitrogens with zero attached hydrogens (tertiary/aromatic N) is 2. The van der Waals surface area contributed by atoms with Crippen molar-refractivity contribution in [1.82, 2.24) is 10.1 Å². The number of hydrogen-bond acceptors (Lipinski definition) is 4. The molecule has 1 amide bonds. The Morgan fingerprint density at radius 2 is 2.19 bits per heavy atom. The van der Waals surface area contributed by atoms with Gasteiger partial charge in [0.25, 0.3) is 0 Å². The number of aliphatic hydroxyl groups excluding tert-OH is 1. The molecule has 1 saturated heterocycles. The smallest absolute Gasteiger partial charge is 0.228 e. The Kier molecular flexibility index (Phi) is 2.96. The number of aromatic nitrogens is 1. The number of para-hydroxylation sites is 1. The second-order valence-corrected chi connectivity index (χ2v) is 6.17. The Morgan fingerprint density at radius 3 is 3.05 bits per heavy atom. The van der Waals surface area contributed by atoms with E-state index in [4.69, 9.17) is 4.52 Å². The van der Waals surface area contributed by atoms with Crippen LogP contribution in [-0.2, 0) is 11.2 Å². The van der Waals surface area contributed by atoms with E-state index in [-0.39, 0.29) is 24.3 Å². The number of rotatable bonds is 2. The second kappa shape index (κ2) is 4.84. The zero-order chi connectivity index (χ0) is 14.4. The molecule has 4 rings (SSSR count). The van der Waals surface area contributed by atoms with Gasteiger partial charge >= 0.3 is 0 Å². The molecule has 0 bridgehead atoms. The van der Waals surface area contributed by atoms with Crippen molar-refractivity contribution in [2.45, 2.75) is 25.4 Å². The number of benzene rings is 1. The molecule has 5 heteroatoms. The molecular formula is C16H18N2O3. The van der Waals surface area contributed by atoms with E-state index in [0.717, 1.165) is 24.8 Å².